The molecule has 0 bridgehead atoms. The van der Waals surface area contributed by atoms with Gasteiger partial charge in [-0.2, -0.15) is 4.98 Å². The first-order valence-electron chi connectivity index (χ1n) is 6.49. The van der Waals surface area contributed by atoms with Crippen molar-refractivity contribution in [1.82, 2.24) is 9.97 Å². The molecule has 0 saturated heterocycles. The van der Waals surface area contributed by atoms with Gasteiger partial charge in [-0.1, -0.05) is 17.9 Å². The van der Waals surface area contributed by atoms with Crippen molar-refractivity contribution < 1.29 is 4.39 Å². The lowest BCUT2D eigenvalue weighted by molar-refractivity contribution is 0.628. The van der Waals surface area contributed by atoms with Gasteiger partial charge in [0, 0.05) is 25.7 Å². The van der Waals surface area contributed by atoms with Crippen LogP contribution in [0.2, 0.25) is 0 Å². The summed E-state index contributed by atoms with van der Waals surface area (Å²) < 4.78 is 13.1. The monoisotopic (exact) mass is 285 g/mol. The number of hydrogen-bond acceptors (Lipinski definition) is 5. The highest BCUT2D eigenvalue weighted by Crippen LogP contribution is 2.17. The Labute approximate surface area is 122 Å². The second-order valence-electron chi connectivity index (χ2n) is 4.18. The first-order valence-corrected chi connectivity index (χ1v) is 6.49. The molecular formula is C15H16FN5. The minimum Gasteiger partial charge on any atom is -0.372 e. The number of benzene rings is 1. The van der Waals surface area contributed by atoms with Crippen molar-refractivity contribution in [3.63, 3.8) is 0 Å². The maximum atomic E-state index is 13.1. The summed E-state index contributed by atoms with van der Waals surface area (Å²) in [6.07, 6.45) is 2.23. The van der Waals surface area contributed by atoms with Gasteiger partial charge in [-0.3, -0.25) is 0 Å². The third-order valence-electron chi connectivity index (χ3n) is 2.60. The predicted molar refractivity (Wildman–Crippen MR) is 81.8 cm³/mol. The lowest BCUT2D eigenvalue weighted by Crippen LogP contribution is -2.03. The zero-order valence-electron chi connectivity index (χ0n) is 11.7. The summed E-state index contributed by atoms with van der Waals surface area (Å²) in [5, 5.41) is 5.90. The topological polar surface area (TPSA) is 75.9 Å². The number of anilines is 3. The first-order chi connectivity index (χ1) is 10.2. The molecule has 0 radical (unpaired) electrons. The normalized spacial score (nSPS) is 9.67. The standard InChI is InChI=1S/C15H16FN5/c1-18-14-11(5-2-3-8-17)10-19-15(21-14)20-13-7-4-6-12(16)9-13/h4,6-7,9-10H,3,8,17H2,1H3,(H2,18,19,20,21). The molecule has 0 fully saturated rings. The molecular weight excluding hydrogens is 269 g/mol. The highest BCUT2D eigenvalue weighted by Gasteiger charge is 2.04. The number of rotatable bonds is 4. The van der Waals surface area contributed by atoms with E-state index in [-0.39, 0.29) is 5.82 Å². The second kappa shape index (κ2) is 7.22. The van der Waals surface area contributed by atoms with Gasteiger partial charge in [0.1, 0.15) is 11.6 Å². The lowest BCUT2D eigenvalue weighted by Gasteiger charge is -2.08. The summed E-state index contributed by atoms with van der Waals surface area (Å²) in [6.45, 7) is 0.516. The van der Waals surface area contributed by atoms with Gasteiger partial charge < -0.3 is 16.4 Å². The average Bonchev–Trinajstić information content (AvgIpc) is 2.48. The highest BCUT2D eigenvalue weighted by atomic mass is 19.1. The molecule has 0 amide bonds. The lowest BCUT2D eigenvalue weighted by atomic mass is 10.3. The molecule has 4 N–H and O–H groups in total. The van der Waals surface area contributed by atoms with Gasteiger partial charge in [0.05, 0.1) is 11.8 Å². The molecule has 0 saturated carbocycles. The Morgan fingerprint density at radius 2 is 2.24 bits per heavy atom. The second-order valence-corrected chi connectivity index (χ2v) is 4.18. The molecule has 0 unspecified atom stereocenters. The fourth-order valence-corrected chi connectivity index (χ4v) is 1.65. The van der Waals surface area contributed by atoms with E-state index in [2.05, 4.69) is 32.4 Å². The molecule has 0 spiro atoms. The van der Waals surface area contributed by atoms with Crippen LogP contribution in [0.15, 0.2) is 30.5 Å². The van der Waals surface area contributed by atoms with E-state index in [1.807, 2.05) is 0 Å². The third-order valence-corrected chi connectivity index (χ3v) is 2.60. The van der Waals surface area contributed by atoms with Crippen LogP contribution in [0.1, 0.15) is 12.0 Å². The van der Waals surface area contributed by atoms with Gasteiger partial charge in [0.15, 0.2) is 0 Å². The van der Waals surface area contributed by atoms with Gasteiger partial charge in [-0.15, -0.1) is 0 Å². The van der Waals surface area contributed by atoms with Crippen molar-refractivity contribution in [2.75, 3.05) is 24.2 Å². The van der Waals surface area contributed by atoms with E-state index in [1.165, 1.54) is 12.1 Å². The highest BCUT2D eigenvalue weighted by molar-refractivity contribution is 5.59. The Balaban J connectivity index is 2.21. The summed E-state index contributed by atoms with van der Waals surface area (Å²) in [4.78, 5) is 8.48. The Hall–Kier alpha value is -2.65. The largest absolute Gasteiger partial charge is 0.372 e. The molecule has 0 aliphatic heterocycles. The van der Waals surface area contributed by atoms with E-state index in [4.69, 9.17) is 5.73 Å². The van der Waals surface area contributed by atoms with Gasteiger partial charge in [-0.05, 0) is 18.2 Å². The van der Waals surface area contributed by atoms with E-state index < -0.39 is 0 Å². The van der Waals surface area contributed by atoms with Crippen LogP contribution in [-0.4, -0.2) is 23.6 Å². The van der Waals surface area contributed by atoms with Gasteiger partial charge in [-0.25, -0.2) is 9.37 Å². The van der Waals surface area contributed by atoms with Crippen LogP contribution in [0.5, 0.6) is 0 Å². The van der Waals surface area contributed by atoms with E-state index in [0.717, 1.165) is 0 Å². The van der Waals surface area contributed by atoms with Crippen LogP contribution < -0.4 is 16.4 Å². The molecule has 0 aliphatic carbocycles. The maximum absolute atomic E-state index is 13.1. The summed E-state index contributed by atoms with van der Waals surface area (Å²) in [5.41, 5.74) is 6.67. The molecule has 1 aromatic carbocycles. The molecule has 6 heteroatoms. The minimum absolute atomic E-state index is 0.321. The third kappa shape index (κ3) is 4.16. The van der Waals surface area contributed by atoms with Crippen LogP contribution in [0.25, 0.3) is 0 Å². The number of aromatic nitrogens is 2. The number of nitrogens with zero attached hydrogens (tertiary/aromatic N) is 2. The fourth-order valence-electron chi connectivity index (χ4n) is 1.65. The summed E-state index contributed by atoms with van der Waals surface area (Å²) in [7, 11) is 1.75. The van der Waals surface area contributed by atoms with Gasteiger partial charge in [0.2, 0.25) is 5.95 Å². The van der Waals surface area contributed by atoms with E-state index in [9.17, 15) is 4.39 Å². The summed E-state index contributed by atoms with van der Waals surface area (Å²) in [5.74, 6) is 6.55. The molecule has 2 rings (SSSR count). The quantitative estimate of drug-likeness (QED) is 0.750. The molecule has 0 aliphatic rings. The van der Waals surface area contributed by atoms with Crippen LogP contribution >= 0.6 is 0 Å². The molecule has 1 aromatic heterocycles. The van der Waals surface area contributed by atoms with Crippen molar-refractivity contribution >= 4 is 17.5 Å². The van der Waals surface area contributed by atoms with Crippen molar-refractivity contribution in [3.8, 4) is 11.8 Å². The van der Waals surface area contributed by atoms with Crippen LogP contribution in [0, 0.1) is 17.7 Å². The van der Waals surface area contributed by atoms with Crippen molar-refractivity contribution in [2.45, 2.75) is 6.42 Å². The molecule has 5 nitrogen and oxygen atoms in total. The zero-order chi connectivity index (χ0) is 15.1. The predicted octanol–water partition coefficient (Wildman–Crippen LogP) is 2.10. The van der Waals surface area contributed by atoms with Gasteiger partial charge >= 0.3 is 0 Å². The summed E-state index contributed by atoms with van der Waals surface area (Å²) >= 11 is 0. The van der Waals surface area contributed by atoms with E-state index in [0.29, 0.717) is 36.0 Å². The number of hydrogen-bond donors (Lipinski definition) is 3. The minimum atomic E-state index is -0.321. The van der Waals surface area contributed by atoms with Crippen LogP contribution in [-0.2, 0) is 0 Å². The Morgan fingerprint density at radius 3 is 2.95 bits per heavy atom. The van der Waals surface area contributed by atoms with E-state index in [1.54, 1.807) is 25.4 Å². The van der Waals surface area contributed by atoms with Crippen LogP contribution in [0.4, 0.5) is 21.8 Å². The molecule has 0 atom stereocenters. The number of halogens is 1. The molecule has 108 valence electrons. The number of nitrogens with two attached hydrogens (primary N) is 1. The molecule has 21 heavy (non-hydrogen) atoms. The maximum Gasteiger partial charge on any atom is 0.229 e. The zero-order valence-corrected chi connectivity index (χ0v) is 11.7. The molecule has 2 aromatic rings. The SMILES string of the molecule is CNc1nc(Nc2cccc(F)c2)ncc1C#CCCN. The smallest absolute Gasteiger partial charge is 0.229 e. The Morgan fingerprint density at radius 1 is 1.38 bits per heavy atom. The average molecular weight is 285 g/mol. The fraction of sp³-hybridized carbons (Fsp3) is 0.200. The van der Waals surface area contributed by atoms with Gasteiger partial charge in [0.25, 0.3) is 0 Å². The van der Waals surface area contributed by atoms with Crippen molar-refractivity contribution in [1.29, 1.82) is 0 Å². The van der Waals surface area contributed by atoms with Crippen molar-refractivity contribution in [2.24, 2.45) is 5.73 Å². The summed E-state index contributed by atoms with van der Waals surface area (Å²) in [6, 6.07) is 6.10. The number of nitrogens with one attached hydrogen (secondary N) is 2. The van der Waals surface area contributed by atoms with Crippen LogP contribution in [0.3, 0.4) is 0 Å². The van der Waals surface area contributed by atoms with Crippen molar-refractivity contribution in [3.05, 3.63) is 41.8 Å². The van der Waals surface area contributed by atoms with E-state index >= 15 is 0 Å². The Kier molecular flexibility index (Phi) is 5.07. The first kappa shape index (κ1) is 14.8. The Bertz CT molecular complexity index is 675. The molecule has 1 heterocycles.